The molecule has 0 bridgehead atoms. The van der Waals surface area contributed by atoms with Gasteiger partial charge in [0.2, 0.25) is 11.5 Å². The molecule has 1 aromatic heterocycles. The van der Waals surface area contributed by atoms with Gasteiger partial charge in [-0.25, -0.2) is 4.98 Å². The Morgan fingerprint density at radius 1 is 1.08 bits per heavy atom. The molecule has 2 aromatic carbocycles. The molecular formula is C16H11N3O6. The van der Waals surface area contributed by atoms with Gasteiger partial charge in [0.05, 0.1) is 23.0 Å². The minimum atomic E-state index is -0.739. The van der Waals surface area contributed by atoms with Gasteiger partial charge in [-0.1, -0.05) is 12.1 Å². The molecule has 0 aliphatic carbocycles. The number of ether oxygens (including phenoxy) is 1. The molecule has 9 nitrogen and oxygen atoms in total. The van der Waals surface area contributed by atoms with Crippen molar-refractivity contribution in [2.75, 3.05) is 7.11 Å². The van der Waals surface area contributed by atoms with E-state index in [0.29, 0.717) is 5.75 Å². The fourth-order valence-corrected chi connectivity index (χ4v) is 2.21. The van der Waals surface area contributed by atoms with Gasteiger partial charge < -0.3 is 9.15 Å². The highest BCUT2D eigenvalue weighted by Crippen LogP contribution is 2.31. The van der Waals surface area contributed by atoms with Crippen LogP contribution in [0.25, 0.3) is 23.3 Å². The van der Waals surface area contributed by atoms with E-state index in [1.54, 1.807) is 25.3 Å². The largest absolute Gasteiger partial charge is 0.497 e. The van der Waals surface area contributed by atoms with Crippen LogP contribution in [0.2, 0.25) is 0 Å². The van der Waals surface area contributed by atoms with Gasteiger partial charge in [-0.3, -0.25) is 20.2 Å². The van der Waals surface area contributed by atoms with Crippen molar-refractivity contribution in [1.82, 2.24) is 4.98 Å². The van der Waals surface area contributed by atoms with E-state index in [4.69, 9.17) is 9.15 Å². The number of hydrogen-bond acceptors (Lipinski definition) is 7. The van der Waals surface area contributed by atoms with Crippen LogP contribution >= 0.6 is 0 Å². The Balaban J connectivity index is 1.99. The van der Waals surface area contributed by atoms with Crippen LogP contribution in [0.5, 0.6) is 5.75 Å². The first-order valence-electron chi connectivity index (χ1n) is 7.03. The van der Waals surface area contributed by atoms with Gasteiger partial charge in [0.15, 0.2) is 0 Å². The van der Waals surface area contributed by atoms with Gasteiger partial charge in [-0.05, 0) is 23.8 Å². The summed E-state index contributed by atoms with van der Waals surface area (Å²) < 4.78 is 10.4. The molecule has 25 heavy (non-hydrogen) atoms. The molecule has 0 amide bonds. The summed E-state index contributed by atoms with van der Waals surface area (Å²) >= 11 is 0. The molecule has 0 N–H and O–H groups in total. The number of rotatable bonds is 5. The Morgan fingerprint density at radius 2 is 1.80 bits per heavy atom. The van der Waals surface area contributed by atoms with Crippen molar-refractivity contribution >= 4 is 34.6 Å². The first-order valence-corrected chi connectivity index (χ1v) is 7.03. The molecule has 0 unspecified atom stereocenters. The fourth-order valence-electron chi connectivity index (χ4n) is 2.21. The van der Waals surface area contributed by atoms with Gasteiger partial charge in [-0.2, -0.15) is 0 Å². The predicted molar refractivity (Wildman–Crippen MR) is 89.2 cm³/mol. The van der Waals surface area contributed by atoms with Crippen molar-refractivity contribution < 1.29 is 19.0 Å². The SMILES string of the molecule is COc1ccc(C=Cc2nc3cc([N+](=O)[O-])cc([N+](=O)[O-])c3o2)cc1. The minimum absolute atomic E-state index is 0.0512. The Hall–Kier alpha value is -3.75. The Kier molecular flexibility index (Phi) is 4.12. The maximum absolute atomic E-state index is 11.1. The second-order valence-corrected chi connectivity index (χ2v) is 4.99. The average Bonchev–Trinajstić information content (AvgIpc) is 3.02. The third-order valence-corrected chi connectivity index (χ3v) is 3.41. The zero-order valence-electron chi connectivity index (χ0n) is 12.9. The highest BCUT2D eigenvalue weighted by Gasteiger charge is 2.23. The second kappa shape index (κ2) is 6.40. The van der Waals surface area contributed by atoms with Gasteiger partial charge in [-0.15, -0.1) is 0 Å². The van der Waals surface area contributed by atoms with Crippen molar-refractivity contribution in [3.05, 3.63) is 68.1 Å². The number of methoxy groups -OCH3 is 1. The van der Waals surface area contributed by atoms with Crippen LogP contribution < -0.4 is 4.74 Å². The molecule has 0 aliphatic heterocycles. The van der Waals surface area contributed by atoms with E-state index in [-0.39, 0.29) is 17.0 Å². The van der Waals surface area contributed by atoms with Crippen molar-refractivity contribution in [3.8, 4) is 5.75 Å². The van der Waals surface area contributed by atoms with Crippen molar-refractivity contribution in [1.29, 1.82) is 0 Å². The minimum Gasteiger partial charge on any atom is -0.497 e. The smallest absolute Gasteiger partial charge is 0.320 e. The third kappa shape index (κ3) is 3.29. The molecule has 0 radical (unpaired) electrons. The van der Waals surface area contributed by atoms with Crippen LogP contribution in [0.1, 0.15) is 11.5 Å². The molecule has 1 heterocycles. The van der Waals surface area contributed by atoms with E-state index in [1.165, 1.54) is 6.08 Å². The second-order valence-electron chi connectivity index (χ2n) is 4.99. The van der Waals surface area contributed by atoms with Crippen LogP contribution in [0.4, 0.5) is 11.4 Å². The molecule has 3 rings (SSSR count). The van der Waals surface area contributed by atoms with Crippen LogP contribution in [-0.4, -0.2) is 21.9 Å². The zero-order valence-corrected chi connectivity index (χ0v) is 12.9. The lowest BCUT2D eigenvalue weighted by atomic mass is 10.2. The van der Waals surface area contributed by atoms with Crippen molar-refractivity contribution in [2.45, 2.75) is 0 Å². The van der Waals surface area contributed by atoms with E-state index in [2.05, 4.69) is 4.98 Å². The lowest BCUT2D eigenvalue weighted by Crippen LogP contribution is -1.93. The van der Waals surface area contributed by atoms with Gasteiger partial charge in [0, 0.05) is 12.1 Å². The number of aromatic nitrogens is 1. The van der Waals surface area contributed by atoms with E-state index in [0.717, 1.165) is 17.7 Å². The highest BCUT2D eigenvalue weighted by atomic mass is 16.6. The summed E-state index contributed by atoms with van der Waals surface area (Å²) in [6, 6.07) is 9.16. The molecule has 0 atom stereocenters. The summed E-state index contributed by atoms with van der Waals surface area (Å²) in [5.74, 6) is 0.816. The Morgan fingerprint density at radius 3 is 2.40 bits per heavy atom. The standard InChI is InChI=1S/C16H11N3O6/c1-24-12-5-2-10(3-6-12)4-7-15-17-13-8-11(18(20)21)9-14(19(22)23)16(13)25-15/h2-9H,1H3. The monoisotopic (exact) mass is 341 g/mol. The summed E-state index contributed by atoms with van der Waals surface area (Å²) in [6.45, 7) is 0. The lowest BCUT2D eigenvalue weighted by Gasteiger charge is -1.98. The molecule has 0 fully saturated rings. The quantitative estimate of drug-likeness (QED) is 0.510. The highest BCUT2D eigenvalue weighted by molar-refractivity contribution is 5.86. The topological polar surface area (TPSA) is 122 Å². The molecule has 9 heteroatoms. The number of fused-ring (bicyclic) bond motifs is 1. The first-order chi connectivity index (χ1) is 12.0. The van der Waals surface area contributed by atoms with E-state index >= 15 is 0 Å². The number of oxazole rings is 1. The summed E-state index contributed by atoms with van der Waals surface area (Å²) in [5.41, 5.74) is -0.136. The number of nitro groups is 2. The maximum Gasteiger partial charge on any atom is 0.320 e. The van der Waals surface area contributed by atoms with Crippen LogP contribution in [-0.2, 0) is 0 Å². The number of nitrogens with zero attached hydrogens (tertiary/aromatic N) is 3. The molecule has 126 valence electrons. The number of non-ortho nitro benzene ring substituents is 2. The Bertz CT molecular complexity index is 991. The molecule has 0 spiro atoms. The summed E-state index contributed by atoms with van der Waals surface area (Å²) in [5, 5.41) is 22.0. The lowest BCUT2D eigenvalue weighted by molar-refractivity contribution is -0.393. The average molecular weight is 341 g/mol. The predicted octanol–water partition coefficient (Wildman–Crippen LogP) is 3.82. The Labute approximate surface area is 140 Å². The van der Waals surface area contributed by atoms with Crippen LogP contribution in [0, 0.1) is 20.2 Å². The number of nitro benzene ring substituents is 2. The van der Waals surface area contributed by atoms with Gasteiger partial charge >= 0.3 is 5.69 Å². The van der Waals surface area contributed by atoms with Crippen molar-refractivity contribution in [3.63, 3.8) is 0 Å². The third-order valence-electron chi connectivity index (χ3n) is 3.41. The molecule has 3 aromatic rings. The maximum atomic E-state index is 11.1. The molecule has 0 saturated carbocycles. The van der Waals surface area contributed by atoms with Gasteiger partial charge in [0.25, 0.3) is 5.69 Å². The molecule has 0 saturated heterocycles. The number of benzene rings is 2. The summed E-state index contributed by atoms with van der Waals surface area (Å²) in [4.78, 5) is 24.6. The van der Waals surface area contributed by atoms with Crippen molar-refractivity contribution in [2.24, 2.45) is 0 Å². The van der Waals surface area contributed by atoms with E-state index in [1.807, 2.05) is 12.1 Å². The molecular weight excluding hydrogens is 330 g/mol. The summed E-state index contributed by atoms with van der Waals surface area (Å²) in [7, 11) is 1.56. The van der Waals surface area contributed by atoms with E-state index < -0.39 is 21.2 Å². The summed E-state index contributed by atoms with van der Waals surface area (Å²) in [6.07, 6.45) is 3.22. The first kappa shape index (κ1) is 16.1. The number of hydrogen-bond donors (Lipinski definition) is 0. The fraction of sp³-hybridized carbons (Fsp3) is 0.0625. The zero-order chi connectivity index (χ0) is 18.0. The van der Waals surface area contributed by atoms with Crippen LogP contribution in [0.3, 0.4) is 0 Å². The normalized spacial score (nSPS) is 11.1. The van der Waals surface area contributed by atoms with E-state index in [9.17, 15) is 20.2 Å². The van der Waals surface area contributed by atoms with Crippen LogP contribution in [0.15, 0.2) is 40.8 Å². The van der Waals surface area contributed by atoms with Gasteiger partial charge in [0.1, 0.15) is 11.3 Å². The molecule has 0 aliphatic rings.